The SMILES string of the molecule is NNc1cc(Cn2ccc([N+](=O)[O-])n2)ccc1[N+](=O)[O-]. The Morgan fingerprint density at radius 1 is 1.25 bits per heavy atom. The molecule has 0 fully saturated rings. The molecule has 0 radical (unpaired) electrons. The molecule has 10 nitrogen and oxygen atoms in total. The molecule has 2 rings (SSSR count). The predicted octanol–water partition coefficient (Wildman–Crippen LogP) is 1.03. The summed E-state index contributed by atoms with van der Waals surface area (Å²) < 4.78 is 1.36. The van der Waals surface area contributed by atoms with Crippen LogP contribution in [0.25, 0.3) is 0 Å². The monoisotopic (exact) mass is 278 g/mol. The zero-order chi connectivity index (χ0) is 14.7. The topological polar surface area (TPSA) is 142 Å². The fraction of sp³-hybridized carbons (Fsp3) is 0.100. The number of anilines is 1. The van der Waals surface area contributed by atoms with Crippen LogP contribution < -0.4 is 11.3 Å². The number of hydrogen-bond donors (Lipinski definition) is 2. The Hall–Kier alpha value is -3.01. The lowest BCUT2D eigenvalue weighted by molar-refractivity contribution is -0.389. The predicted molar refractivity (Wildman–Crippen MR) is 68.9 cm³/mol. The van der Waals surface area contributed by atoms with E-state index >= 15 is 0 Å². The number of hydrogen-bond acceptors (Lipinski definition) is 7. The van der Waals surface area contributed by atoms with Gasteiger partial charge in [0, 0.05) is 6.07 Å². The summed E-state index contributed by atoms with van der Waals surface area (Å²) in [4.78, 5) is 20.1. The van der Waals surface area contributed by atoms with Crippen LogP contribution in [0.2, 0.25) is 0 Å². The normalized spacial score (nSPS) is 10.2. The van der Waals surface area contributed by atoms with Crippen molar-refractivity contribution in [1.29, 1.82) is 0 Å². The van der Waals surface area contributed by atoms with Crippen molar-refractivity contribution in [3.05, 3.63) is 56.3 Å². The van der Waals surface area contributed by atoms with Crippen LogP contribution in [0.15, 0.2) is 30.5 Å². The molecule has 0 aliphatic carbocycles. The Labute approximate surface area is 112 Å². The summed E-state index contributed by atoms with van der Waals surface area (Å²) in [6.07, 6.45) is 1.45. The lowest BCUT2D eigenvalue weighted by Crippen LogP contribution is -2.10. The number of rotatable bonds is 5. The summed E-state index contributed by atoms with van der Waals surface area (Å²) in [6, 6.07) is 5.61. The van der Waals surface area contributed by atoms with Gasteiger partial charge in [0.15, 0.2) is 0 Å². The molecule has 0 unspecified atom stereocenters. The average Bonchev–Trinajstić information content (AvgIpc) is 2.87. The van der Waals surface area contributed by atoms with Crippen LogP contribution in [-0.4, -0.2) is 19.6 Å². The summed E-state index contributed by atoms with van der Waals surface area (Å²) in [5.41, 5.74) is 2.93. The Balaban J connectivity index is 2.25. The van der Waals surface area contributed by atoms with E-state index in [1.807, 2.05) is 0 Å². The molecular formula is C10H10N6O4. The van der Waals surface area contributed by atoms with Gasteiger partial charge in [0.2, 0.25) is 0 Å². The van der Waals surface area contributed by atoms with E-state index in [0.29, 0.717) is 5.56 Å². The minimum atomic E-state index is -0.598. The van der Waals surface area contributed by atoms with Crippen molar-refractivity contribution in [3.8, 4) is 0 Å². The molecule has 0 saturated heterocycles. The summed E-state index contributed by atoms with van der Waals surface area (Å²) >= 11 is 0. The zero-order valence-corrected chi connectivity index (χ0v) is 10.1. The molecule has 2 aromatic rings. The largest absolute Gasteiger partial charge is 0.389 e. The molecule has 0 bridgehead atoms. The molecule has 0 aliphatic heterocycles. The van der Waals surface area contributed by atoms with E-state index in [1.165, 1.54) is 35.1 Å². The van der Waals surface area contributed by atoms with Gasteiger partial charge < -0.3 is 15.5 Å². The van der Waals surface area contributed by atoms with Gasteiger partial charge in [0.1, 0.15) is 5.69 Å². The third-order valence-electron chi connectivity index (χ3n) is 2.57. The highest BCUT2D eigenvalue weighted by Gasteiger charge is 2.15. The standard InChI is InChI=1S/C10H10N6O4/c11-12-8-5-7(1-2-9(8)15(17)18)6-14-4-3-10(13-14)16(19)20/h1-5,12H,6,11H2. The van der Waals surface area contributed by atoms with Crippen LogP contribution in [0.5, 0.6) is 0 Å². The first-order chi connectivity index (χ1) is 9.51. The molecule has 0 amide bonds. The maximum Gasteiger partial charge on any atom is 0.389 e. The third-order valence-corrected chi connectivity index (χ3v) is 2.57. The van der Waals surface area contributed by atoms with Gasteiger partial charge in [-0.15, -0.1) is 0 Å². The summed E-state index contributed by atoms with van der Waals surface area (Å²) in [6.45, 7) is 0.237. The van der Waals surface area contributed by atoms with E-state index in [2.05, 4.69) is 10.5 Å². The van der Waals surface area contributed by atoms with Gasteiger partial charge in [0.25, 0.3) is 5.69 Å². The van der Waals surface area contributed by atoms with E-state index in [9.17, 15) is 20.2 Å². The molecule has 0 atom stereocenters. The highest BCUT2D eigenvalue weighted by molar-refractivity contribution is 5.62. The van der Waals surface area contributed by atoms with Crippen LogP contribution in [0, 0.1) is 20.2 Å². The van der Waals surface area contributed by atoms with Crippen LogP contribution in [0.4, 0.5) is 17.2 Å². The van der Waals surface area contributed by atoms with Crippen molar-refractivity contribution in [3.63, 3.8) is 0 Å². The van der Waals surface area contributed by atoms with E-state index < -0.39 is 9.85 Å². The molecule has 1 heterocycles. The molecule has 3 N–H and O–H groups in total. The fourth-order valence-electron chi connectivity index (χ4n) is 1.68. The Morgan fingerprint density at radius 3 is 2.55 bits per heavy atom. The number of hydrazine groups is 1. The molecule has 1 aromatic heterocycles. The molecule has 0 aliphatic rings. The molecule has 104 valence electrons. The van der Waals surface area contributed by atoms with Crippen LogP contribution >= 0.6 is 0 Å². The van der Waals surface area contributed by atoms with E-state index in [-0.39, 0.29) is 23.7 Å². The molecule has 0 spiro atoms. The highest BCUT2D eigenvalue weighted by atomic mass is 16.6. The first-order valence-corrected chi connectivity index (χ1v) is 5.43. The fourth-order valence-corrected chi connectivity index (χ4v) is 1.68. The van der Waals surface area contributed by atoms with Crippen molar-refractivity contribution in [2.75, 3.05) is 5.43 Å². The molecule has 20 heavy (non-hydrogen) atoms. The van der Waals surface area contributed by atoms with Gasteiger partial charge in [-0.25, -0.2) is 0 Å². The Bertz CT molecular complexity index is 668. The number of nitro groups is 2. The average molecular weight is 278 g/mol. The number of benzene rings is 1. The molecule has 1 aromatic carbocycles. The quantitative estimate of drug-likeness (QED) is 0.472. The number of nitrogens with zero attached hydrogens (tertiary/aromatic N) is 4. The first-order valence-electron chi connectivity index (χ1n) is 5.43. The molecular weight excluding hydrogens is 268 g/mol. The minimum Gasteiger partial charge on any atom is -0.358 e. The van der Waals surface area contributed by atoms with Gasteiger partial charge in [-0.3, -0.25) is 16.0 Å². The number of nitrogens with two attached hydrogens (primary N) is 1. The molecule has 0 saturated carbocycles. The summed E-state index contributed by atoms with van der Waals surface area (Å²) in [7, 11) is 0. The number of nitrogen functional groups attached to an aromatic ring is 1. The van der Waals surface area contributed by atoms with Crippen LogP contribution in [-0.2, 0) is 6.54 Å². The number of nitrogens with one attached hydrogen (secondary N) is 1. The highest BCUT2D eigenvalue weighted by Crippen LogP contribution is 2.24. The van der Waals surface area contributed by atoms with Gasteiger partial charge in [-0.1, -0.05) is 6.07 Å². The molecule has 10 heteroatoms. The van der Waals surface area contributed by atoms with Crippen molar-refractivity contribution in [2.45, 2.75) is 6.54 Å². The van der Waals surface area contributed by atoms with Crippen molar-refractivity contribution in [2.24, 2.45) is 5.84 Å². The second-order valence-corrected chi connectivity index (χ2v) is 3.88. The van der Waals surface area contributed by atoms with Crippen molar-refractivity contribution >= 4 is 17.2 Å². The second-order valence-electron chi connectivity index (χ2n) is 3.88. The first kappa shape index (κ1) is 13.4. The smallest absolute Gasteiger partial charge is 0.358 e. The van der Waals surface area contributed by atoms with E-state index in [0.717, 1.165) is 0 Å². The minimum absolute atomic E-state index is 0.150. The van der Waals surface area contributed by atoms with E-state index in [4.69, 9.17) is 5.84 Å². The maximum atomic E-state index is 10.7. The third kappa shape index (κ3) is 2.70. The maximum absolute atomic E-state index is 10.7. The van der Waals surface area contributed by atoms with Gasteiger partial charge in [-0.05, 0) is 16.6 Å². The second kappa shape index (κ2) is 5.32. The summed E-state index contributed by atoms with van der Waals surface area (Å²) in [5, 5.41) is 25.0. The lowest BCUT2D eigenvalue weighted by atomic mass is 10.1. The Kier molecular flexibility index (Phi) is 3.57. The van der Waals surface area contributed by atoms with Crippen molar-refractivity contribution in [1.82, 2.24) is 9.78 Å². The summed E-state index contributed by atoms with van der Waals surface area (Å²) in [5.74, 6) is 4.97. The van der Waals surface area contributed by atoms with Crippen molar-refractivity contribution < 1.29 is 9.85 Å². The Morgan fingerprint density at radius 2 is 2.00 bits per heavy atom. The van der Waals surface area contributed by atoms with E-state index in [1.54, 1.807) is 0 Å². The van der Waals surface area contributed by atoms with Crippen LogP contribution in [0.3, 0.4) is 0 Å². The van der Waals surface area contributed by atoms with Gasteiger partial charge >= 0.3 is 5.82 Å². The zero-order valence-electron chi connectivity index (χ0n) is 10.1. The number of aromatic nitrogens is 2. The number of nitro benzene ring substituents is 1. The van der Waals surface area contributed by atoms with Crippen LogP contribution in [0.1, 0.15) is 5.56 Å². The van der Waals surface area contributed by atoms with Gasteiger partial charge in [-0.2, -0.15) is 4.68 Å². The van der Waals surface area contributed by atoms with Gasteiger partial charge in [0.05, 0.1) is 28.8 Å². The lowest BCUT2D eigenvalue weighted by Gasteiger charge is -2.04.